The summed E-state index contributed by atoms with van der Waals surface area (Å²) in [5.74, 6) is 0. The molecular weight excluding hydrogens is 117 g/mol. The summed E-state index contributed by atoms with van der Waals surface area (Å²) < 4.78 is 10.3. The van der Waals surface area contributed by atoms with Gasteiger partial charge in [-0.2, -0.15) is 0 Å². The van der Waals surface area contributed by atoms with Crippen LogP contribution in [0, 0.1) is 0 Å². The van der Waals surface area contributed by atoms with E-state index in [2.05, 4.69) is 6.58 Å². The lowest BCUT2D eigenvalue weighted by atomic mass is 10.3. The van der Waals surface area contributed by atoms with Crippen molar-refractivity contribution in [3.05, 3.63) is 24.4 Å². The highest BCUT2D eigenvalue weighted by molar-refractivity contribution is 5.10. The van der Waals surface area contributed by atoms with Gasteiger partial charge in [-0.15, -0.1) is 0 Å². The number of nitrogens with two attached hydrogens (primary N) is 1. The minimum absolute atomic E-state index is 0.250. The molecule has 0 spiro atoms. The fourth-order valence-electron chi connectivity index (χ4n) is 0.0680. The number of allylic oxidation sites excluding steroid dienone is 2. The Morgan fingerprint density at radius 1 is 1.78 bits per heavy atom. The van der Waals surface area contributed by atoms with Crippen LogP contribution in [0.4, 0.5) is 4.39 Å². The highest BCUT2D eigenvalue weighted by Crippen LogP contribution is 1.84. The van der Waals surface area contributed by atoms with Gasteiger partial charge in [0.05, 0.1) is 6.67 Å². The molecule has 0 saturated carbocycles. The Hall–Kier alpha value is -0.790. The van der Waals surface area contributed by atoms with Gasteiger partial charge in [0.25, 0.3) is 0 Å². The first-order chi connectivity index (χ1) is 4.22. The summed E-state index contributed by atoms with van der Waals surface area (Å²) in [5.41, 5.74) is 6.06. The SMILES string of the molecule is C=C/C(C)=C\N.CCF. The molecule has 0 bridgehead atoms. The first-order valence-electron chi connectivity index (χ1n) is 2.79. The molecule has 0 amide bonds. The van der Waals surface area contributed by atoms with Gasteiger partial charge in [0, 0.05) is 0 Å². The molecule has 0 fully saturated rings. The lowest BCUT2D eigenvalue weighted by molar-refractivity contribution is 0.527. The Bertz CT molecular complexity index is 86.9. The number of rotatable bonds is 1. The zero-order valence-corrected chi connectivity index (χ0v) is 6.02. The molecule has 2 heteroatoms. The molecule has 0 rings (SSSR count). The zero-order valence-electron chi connectivity index (χ0n) is 6.02. The first-order valence-corrected chi connectivity index (χ1v) is 2.79. The van der Waals surface area contributed by atoms with E-state index >= 15 is 0 Å². The third kappa shape index (κ3) is 19.0. The molecular formula is C7H14FN. The van der Waals surface area contributed by atoms with Gasteiger partial charge in [-0.1, -0.05) is 12.7 Å². The molecule has 0 unspecified atom stereocenters. The van der Waals surface area contributed by atoms with Gasteiger partial charge in [-0.05, 0) is 25.6 Å². The third-order valence-corrected chi connectivity index (χ3v) is 0.585. The summed E-state index contributed by atoms with van der Waals surface area (Å²) in [4.78, 5) is 0. The van der Waals surface area contributed by atoms with E-state index in [-0.39, 0.29) is 6.67 Å². The van der Waals surface area contributed by atoms with Crippen LogP contribution in [0.5, 0.6) is 0 Å². The number of hydrogen-bond donors (Lipinski definition) is 1. The van der Waals surface area contributed by atoms with Crippen molar-refractivity contribution in [1.29, 1.82) is 0 Å². The van der Waals surface area contributed by atoms with Crippen molar-refractivity contribution in [3.8, 4) is 0 Å². The number of hydrogen-bond acceptors (Lipinski definition) is 1. The van der Waals surface area contributed by atoms with Crippen LogP contribution in [0.2, 0.25) is 0 Å². The van der Waals surface area contributed by atoms with Gasteiger partial charge >= 0.3 is 0 Å². The van der Waals surface area contributed by atoms with Crippen molar-refractivity contribution in [2.75, 3.05) is 6.67 Å². The Balaban J connectivity index is 0. The van der Waals surface area contributed by atoms with Crippen LogP contribution in [0.1, 0.15) is 13.8 Å². The average molecular weight is 131 g/mol. The molecule has 54 valence electrons. The van der Waals surface area contributed by atoms with Crippen molar-refractivity contribution in [2.24, 2.45) is 5.73 Å². The van der Waals surface area contributed by atoms with Crippen molar-refractivity contribution in [1.82, 2.24) is 0 Å². The predicted octanol–water partition coefficient (Wildman–Crippen LogP) is 2.01. The Morgan fingerprint density at radius 3 is 2.11 bits per heavy atom. The Kier molecular flexibility index (Phi) is 12.6. The topological polar surface area (TPSA) is 26.0 Å². The predicted molar refractivity (Wildman–Crippen MR) is 39.8 cm³/mol. The first kappa shape index (κ1) is 11.1. The van der Waals surface area contributed by atoms with Crippen LogP contribution < -0.4 is 5.73 Å². The molecule has 0 aliphatic carbocycles. The maximum Gasteiger partial charge on any atom is 0.0866 e. The van der Waals surface area contributed by atoms with Gasteiger partial charge in [-0.3, -0.25) is 4.39 Å². The summed E-state index contributed by atoms with van der Waals surface area (Å²) in [6.45, 7) is 6.59. The number of halogens is 1. The smallest absolute Gasteiger partial charge is 0.0866 e. The van der Waals surface area contributed by atoms with E-state index in [4.69, 9.17) is 5.73 Å². The standard InChI is InChI=1S/C5H9N.C2H5F/c1-3-5(2)4-6;1-2-3/h3-4H,1,6H2,2H3;2H2,1H3/b5-4-;. The van der Waals surface area contributed by atoms with Gasteiger partial charge < -0.3 is 5.73 Å². The molecule has 0 heterocycles. The average Bonchev–Trinajstić information content (AvgIpc) is 1.88. The summed E-state index contributed by atoms with van der Waals surface area (Å²) in [5, 5.41) is 0. The molecule has 1 nitrogen and oxygen atoms in total. The molecule has 0 atom stereocenters. The molecule has 2 N–H and O–H groups in total. The Morgan fingerprint density at radius 2 is 2.11 bits per heavy atom. The molecule has 0 aromatic rings. The minimum atomic E-state index is -0.250. The summed E-state index contributed by atoms with van der Waals surface area (Å²) in [7, 11) is 0. The summed E-state index contributed by atoms with van der Waals surface area (Å²) in [6.07, 6.45) is 3.23. The van der Waals surface area contributed by atoms with E-state index in [0.29, 0.717) is 0 Å². The zero-order chi connectivity index (χ0) is 7.70. The second-order valence-electron chi connectivity index (χ2n) is 1.38. The molecule has 0 aliphatic heterocycles. The molecule has 0 radical (unpaired) electrons. The van der Waals surface area contributed by atoms with Crippen LogP contribution in [-0.4, -0.2) is 6.67 Å². The summed E-state index contributed by atoms with van der Waals surface area (Å²) in [6, 6.07) is 0. The van der Waals surface area contributed by atoms with E-state index in [1.165, 1.54) is 13.1 Å². The van der Waals surface area contributed by atoms with Crippen molar-refractivity contribution in [2.45, 2.75) is 13.8 Å². The van der Waals surface area contributed by atoms with E-state index < -0.39 is 0 Å². The van der Waals surface area contributed by atoms with Gasteiger partial charge in [0.15, 0.2) is 0 Å². The molecule has 9 heavy (non-hydrogen) atoms. The maximum atomic E-state index is 10.3. The van der Waals surface area contributed by atoms with Crippen LogP contribution in [-0.2, 0) is 0 Å². The maximum absolute atomic E-state index is 10.3. The molecule has 0 aliphatic rings. The number of alkyl halides is 1. The summed E-state index contributed by atoms with van der Waals surface area (Å²) >= 11 is 0. The molecule has 0 aromatic carbocycles. The second-order valence-corrected chi connectivity index (χ2v) is 1.38. The van der Waals surface area contributed by atoms with Crippen LogP contribution in [0.25, 0.3) is 0 Å². The van der Waals surface area contributed by atoms with Gasteiger partial charge in [0.1, 0.15) is 0 Å². The van der Waals surface area contributed by atoms with E-state index in [0.717, 1.165) is 5.57 Å². The van der Waals surface area contributed by atoms with E-state index in [1.54, 1.807) is 6.08 Å². The third-order valence-electron chi connectivity index (χ3n) is 0.585. The van der Waals surface area contributed by atoms with Crippen molar-refractivity contribution in [3.63, 3.8) is 0 Å². The van der Waals surface area contributed by atoms with Crippen LogP contribution >= 0.6 is 0 Å². The van der Waals surface area contributed by atoms with Crippen LogP contribution in [0.15, 0.2) is 24.4 Å². The quantitative estimate of drug-likeness (QED) is 0.541. The second kappa shape index (κ2) is 10.2. The lowest BCUT2D eigenvalue weighted by Crippen LogP contribution is -1.78. The van der Waals surface area contributed by atoms with E-state index in [1.807, 2.05) is 6.92 Å². The highest BCUT2D eigenvalue weighted by Gasteiger charge is 1.67. The van der Waals surface area contributed by atoms with Crippen molar-refractivity contribution >= 4 is 0 Å². The van der Waals surface area contributed by atoms with Gasteiger partial charge in [0.2, 0.25) is 0 Å². The van der Waals surface area contributed by atoms with Crippen molar-refractivity contribution < 1.29 is 4.39 Å². The molecule has 0 aromatic heterocycles. The van der Waals surface area contributed by atoms with Gasteiger partial charge in [-0.25, -0.2) is 0 Å². The Labute approximate surface area is 56.1 Å². The highest BCUT2D eigenvalue weighted by atomic mass is 19.1. The lowest BCUT2D eigenvalue weighted by Gasteiger charge is -1.78. The molecule has 0 saturated heterocycles. The largest absolute Gasteiger partial charge is 0.404 e. The normalized spacial score (nSPS) is 9.44. The monoisotopic (exact) mass is 131 g/mol. The fraction of sp³-hybridized carbons (Fsp3) is 0.429. The van der Waals surface area contributed by atoms with E-state index in [9.17, 15) is 4.39 Å². The fourth-order valence-corrected chi connectivity index (χ4v) is 0.0680. The van der Waals surface area contributed by atoms with Crippen LogP contribution in [0.3, 0.4) is 0 Å². The minimum Gasteiger partial charge on any atom is -0.404 e.